The average Bonchev–Trinajstić information content (AvgIpc) is 2.90. The van der Waals surface area contributed by atoms with E-state index in [4.69, 9.17) is 17.0 Å². The summed E-state index contributed by atoms with van der Waals surface area (Å²) in [5, 5.41) is 0. The topological polar surface area (TPSA) is 29.5 Å². The molecule has 3 nitrogen and oxygen atoms in total. The van der Waals surface area contributed by atoms with E-state index in [1.165, 1.54) is 28.8 Å². The Morgan fingerprint density at radius 1 is 1.27 bits per heavy atom. The van der Waals surface area contributed by atoms with Crippen LogP contribution in [0.5, 0.6) is 5.75 Å². The largest absolute Gasteiger partial charge is 0.491 e. The van der Waals surface area contributed by atoms with E-state index in [9.17, 15) is 9.18 Å². The van der Waals surface area contributed by atoms with Gasteiger partial charge in [-0.2, -0.15) is 0 Å². The lowest BCUT2D eigenvalue weighted by atomic mass is 10.2. The number of nitrogens with zero attached hydrogens (tertiary/aromatic N) is 1. The van der Waals surface area contributed by atoms with Gasteiger partial charge in [0.05, 0.1) is 16.7 Å². The summed E-state index contributed by atoms with van der Waals surface area (Å²) < 4.78 is 19.6. The lowest BCUT2D eigenvalue weighted by Crippen LogP contribution is -2.27. The molecule has 2 aromatic carbocycles. The molecule has 1 fully saturated rings. The van der Waals surface area contributed by atoms with Crippen molar-refractivity contribution in [3.05, 3.63) is 64.8 Å². The Bertz CT molecular complexity index is 864. The van der Waals surface area contributed by atoms with Crippen LogP contribution in [0, 0.1) is 5.82 Å². The fraction of sp³-hybridized carbons (Fsp3) is 0.200. The third-order valence-electron chi connectivity index (χ3n) is 3.95. The Labute approximate surface area is 161 Å². The SMILES string of the molecule is CC[C@H](C)Oc1ccc(/C=C2/SC(=S)N(c3cccc(F)c3)C2=O)cc1. The fourth-order valence-corrected chi connectivity index (χ4v) is 3.71. The predicted molar refractivity (Wildman–Crippen MR) is 109 cm³/mol. The standard InChI is InChI=1S/C20H18FNO2S2/c1-3-13(2)24-17-9-7-14(8-10-17)11-18-19(23)22(20(25)26-18)16-6-4-5-15(21)12-16/h4-13H,3H2,1-2H3/b18-11+/t13-/m0/s1. The summed E-state index contributed by atoms with van der Waals surface area (Å²) in [7, 11) is 0. The third kappa shape index (κ3) is 4.14. The van der Waals surface area contributed by atoms with E-state index in [1.807, 2.05) is 31.2 Å². The minimum Gasteiger partial charge on any atom is -0.491 e. The summed E-state index contributed by atoms with van der Waals surface area (Å²) in [5.74, 6) is 0.145. The van der Waals surface area contributed by atoms with Gasteiger partial charge in [-0.3, -0.25) is 9.69 Å². The number of halogens is 1. The molecule has 0 bridgehead atoms. The number of carbonyl (C=O) groups excluding carboxylic acids is 1. The number of thiocarbonyl (C=S) groups is 1. The molecule has 3 rings (SSSR count). The van der Waals surface area contributed by atoms with Crippen molar-refractivity contribution in [2.75, 3.05) is 4.90 Å². The number of carbonyl (C=O) groups is 1. The highest BCUT2D eigenvalue weighted by Gasteiger charge is 2.33. The minimum atomic E-state index is -0.405. The van der Waals surface area contributed by atoms with E-state index in [2.05, 4.69) is 6.92 Å². The van der Waals surface area contributed by atoms with Crippen LogP contribution in [0.1, 0.15) is 25.8 Å². The first-order valence-corrected chi connectivity index (χ1v) is 9.50. The van der Waals surface area contributed by atoms with Gasteiger partial charge in [-0.15, -0.1) is 0 Å². The Balaban J connectivity index is 1.79. The van der Waals surface area contributed by atoms with Gasteiger partial charge < -0.3 is 4.74 Å². The molecule has 1 aliphatic heterocycles. The van der Waals surface area contributed by atoms with Gasteiger partial charge in [-0.25, -0.2) is 4.39 Å². The summed E-state index contributed by atoms with van der Waals surface area (Å²) in [6.45, 7) is 4.09. The van der Waals surface area contributed by atoms with Gasteiger partial charge in [0, 0.05) is 0 Å². The van der Waals surface area contributed by atoms with Gasteiger partial charge in [-0.05, 0) is 55.3 Å². The Morgan fingerprint density at radius 3 is 2.65 bits per heavy atom. The highest BCUT2D eigenvalue weighted by molar-refractivity contribution is 8.27. The van der Waals surface area contributed by atoms with E-state index in [-0.39, 0.29) is 12.0 Å². The Morgan fingerprint density at radius 2 is 2.00 bits per heavy atom. The monoisotopic (exact) mass is 387 g/mol. The molecule has 6 heteroatoms. The third-order valence-corrected chi connectivity index (χ3v) is 5.25. The van der Waals surface area contributed by atoms with Crippen LogP contribution >= 0.6 is 24.0 Å². The molecular formula is C20H18FNO2S2. The van der Waals surface area contributed by atoms with Crippen molar-refractivity contribution in [2.24, 2.45) is 0 Å². The molecule has 1 aliphatic rings. The second-order valence-electron chi connectivity index (χ2n) is 5.90. The molecule has 0 N–H and O–H groups in total. The molecule has 1 amide bonds. The van der Waals surface area contributed by atoms with Crippen molar-refractivity contribution in [3.63, 3.8) is 0 Å². The summed E-state index contributed by atoms with van der Waals surface area (Å²) in [6.07, 6.45) is 2.87. The van der Waals surface area contributed by atoms with Crippen molar-refractivity contribution in [1.82, 2.24) is 0 Å². The van der Waals surface area contributed by atoms with Gasteiger partial charge in [0.15, 0.2) is 4.32 Å². The molecule has 26 heavy (non-hydrogen) atoms. The summed E-state index contributed by atoms with van der Waals surface area (Å²) in [6, 6.07) is 13.4. The molecule has 0 aromatic heterocycles. The van der Waals surface area contributed by atoms with Crippen LogP contribution in [0.15, 0.2) is 53.4 Å². The zero-order chi connectivity index (χ0) is 18.7. The van der Waals surface area contributed by atoms with Crippen LogP contribution in [0.2, 0.25) is 0 Å². The highest BCUT2D eigenvalue weighted by Crippen LogP contribution is 2.36. The number of hydrogen-bond donors (Lipinski definition) is 0. The molecule has 1 atom stereocenters. The van der Waals surface area contributed by atoms with Gasteiger partial charge in [0.2, 0.25) is 0 Å². The van der Waals surface area contributed by atoms with E-state index in [0.29, 0.717) is 14.9 Å². The summed E-state index contributed by atoms with van der Waals surface area (Å²) >= 11 is 6.51. The fourth-order valence-electron chi connectivity index (χ4n) is 2.42. The smallest absolute Gasteiger partial charge is 0.270 e. The maximum atomic E-state index is 13.5. The van der Waals surface area contributed by atoms with Crippen LogP contribution in [0.3, 0.4) is 0 Å². The van der Waals surface area contributed by atoms with Gasteiger partial charge in [0.25, 0.3) is 5.91 Å². The molecule has 134 valence electrons. The maximum Gasteiger partial charge on any atom is 0.270 e. The van der Waals surface area contributed by atoms with Gasteiger partial charge in [-0.1, -0.05) is 49.1 Å². The van der Waals surface area contributed by atoms with Crippen LogP contribution in [-0.2, 0) is 4.79 Å². The van der Waals surface area contributed by atoms with Crippen molar-refractivity contribution < 1.29 is 13.9 Å². The minimum absolute atomic E-state index is 0.156. The Kier molecular flexibility index (Phi) is 5.74. The zero-order valence-corrected chi connectivity index (χ0v) is 16.1. The zero-order valence-electron chi connectivity index (χ0n) is 14.4. The summed E-state index contributed by atoms with van der Waals surface area (Å²) in [4.78, 5) is 14.6. The van der Waals surface area contributed by atoms with Gasteiger partial charge >= 0.3 is 0 Å². The van der Waals surface area contributed by atoms with Crippen LogP contribution in [0.25, 0.3) is 6.08 Å². The predicted octanol–water partition coefficient (Wildman–Crippen LogP) is 5.41. The number of anilines is 1. The molecule has 0 unspecified atom stereocenters. The van der Waals surface area contributed by atoms with Gasteiger partial charge in [0.1, 0.15) is 11.6 Å². The second kappa shape index (κ2) is 8.01. The van der Waals surface area contributed by atoms with E-state index >= 15 is 0 Å². The normalized spacial score (nSPS) is 17.0. The van der Waals surface area contributed by atoms with Crippen LogP contribution in [-0.4, -0.2) is 16.3 Å². The number of thioether (sulfide) groups is 1. The number of ether oxygens (including phenoxy) is 1. The maximum absolute atomic E-state index is 13.5. The van der Waals surface area contributed by atoms with Crippen molar-refractivity contribution in [2.45, 2.75) is 26.4 Å². The second-order valence-corrected chi connectivity index (χ2v) is 7.58. The van der Waals surface area contributed by atoms with Crippen LogP contribution < -0.4 is 9.64 Å². The quantitative estimate of drug-likeness (QED) is 0.507. The van der Waals surface area contributed by atoms with E-state index in [1.54, 1.807) is 18.2 Å². The number of rotatable bonds is 5. The molecule has 2 aromatic rings. The first-order chi connectivity index (χ1) is 12.5. The first-order valence-electron chi connectivity index (χ1n) is 8.28. The van der Waals surface area contributed by atoms with Crippen LogP contribution in [0.4, 0.5) is 10.1 Å². The highest BCUT2D eigenvalue weighted by atomic mass is 32.2. The van der Waals surface area contributed by atoms with E-state index < -0.39 is 5.82 Å². The molecule has 1 saturated heterocycles. The lowest BCUT2D eigenvalue weighted by molar-refractivity contribution is -0.113. The Hall–Kier alpha value is -2.18. The summed E-state index contributed by atoms with van der Waals surface area (Å²) in [5.41, 5.74) is 1.31. The molecule has 0 spiro atoms. The molecule has 0 radical (unpaired) electrons. The van der Waals surface area contributed by atoms with Crippen molar-refractivity contribution in [1.29, 1.82) is 0 Å². The van der Waals surface area contributed by atoms with Crippen molar-refractivity contribution in [3.8, 4) is 5.75 Å². The molecule has 1 heterocycles. The number of hydrogen-bond acceptors (Lipinski definition) is 4. The molecule has 0 saturated carbocycles. The number of benzene rings is 2. The lowest BCUT2D eigenvalue weighted by Gasteiger charge is -2.14. The first kappa shape index (κ1) is 18.6. The molecular weight excluding hydrogens is 369 g/mol. The number of amides is 1. The molecule has 0 aliphatic carbocycles. The average molecular weight is 388 g/mol. The van der Waals surface area contributed by atoms with E-state index in [0.717, 1.165) is 17.7 Å². The van der Waals surface area contributed by atoms with Crippen molar-refractivity contribution >= 4 is 46.0 Å².